The van der Waals surface area contributed by atoms with Crippen LogP contribution in [-0.2, 0) is 11.2 Å². The quantitative estimate of drug-likeness (QED) is 0.913. The van der Waals surface area contributed by atoms with E-state index >= 15 is 0 Å². The molecule has 1 fully saturated rings. The van der Waals surface area contributed by atoms with Crippen LogP contribution in [0.5, 0.6) is 5.75 Å². The van der Waals surface area contributed by atoms with Gasteiger partial charge in [0, 0.05) is 5.92 Å². The third-order valence-corrected chi connectivity index (χ3v) is 3.61. The summed E-state index contributed by atoms with van der Waals surface area (Å²) in [5.41, 5.74) is 0.629. The molecule has 0 radical (unpaired) electrons. The lowest BCUT2D eigenvalue weighted by Crippen LogP contribution is -2.15. The molecule has 0 aliphatic heterocycles. The van der Waals surface area contributed by atoms with E-state index in [1.807, 2.05) is 12.1 Å². The third kappa shape index (κ3) is 3.04. The summed E-state index contributed by atoms with van der Waals surface area (Å²) in [5, 5.41) is 6.65. The van der Waals surface area contributed by atoms with Crippen LogP contribution in [-0.4, -0.2) is 23.2 Å². The second-order valence-electron chi connectivity index (χ2n) is 5.29. The van der Waals surface area contributed by atoms with E-state index in [1.54, 1.807) is 19.2 Å². The van der Waals surface area contributed by atoms with Crippen LogP contribution in [0.4, 0.5) is 5.69 Å². The zero-order valence-corrected chi connectivity index (χ0v) is 12.0. The Hall–Kier alpha value is -2.37. The molecule has 2 aromatic rings. The van der Waals surface area contributed by atoms with Crippen molar-refractivity contribution in [3.05, 3.63) is 36.0 Å². The minimum absolute atomic E-state index is 0.0860. The lowest BCUT2D eigenvalue weighted by molar-refractivity contribution is -0.115. The SMILES string of the molecule is COc1ccccc1NC(=O)Cc1noc([C@@H]2C[C@@H]2C)n1. The maximum atomic E-state index is 12.0. The van der Waals surface area contributed by atoms with Crippen molar-refractivity contribution in [3.63, 3.8) is 0 Å². The number of nitrogens with zero attached hydrogens (tertiary/aromatic N) is 2. The van der Waals surface area contributed by atoms with E-state index in [-0.39, 0.29) is 12.3 Å². The Kier molecular flexibility index (Phi) is 3.60. The molecule has 0 saturated heterocycles. The lowest BCUT2D eigenvalue weighted by atomic mass is 10.2. The van der Waals surface area contributed by atoms with Gasteiger partial charge in [-0.25, -0.2) is 0 Å². The van der Waals surface area contributed by atoms with E-state index in [0.29, 0.717) is 35.0 Å². The highest BCUT2D eigenvalue weighted by atomic mass is 16.5. The van der Waals surface area contributed by atoms with E-state index in [1.165, 1.54) is 0 Å². The number of nitrogens with one attached hydrogen (secondary N) is 1. The first-order valence-electron chi connectivity index (χ1n) is 6.92. The van der Waals surface area contributed by atoms with Crippen molar-refractivity contribution in [1.82, 2.24) is 10.1 Å². The van der Waals surface area contributed by atoms with Gasteiger partial charge >= 0.3 is 0 Å². The molecular weight excluding hydrogens is 270 g/mol. The molecule has 110 valence electrons. The van der Waals surface area contributed by atoms with Crippen molar-refractivity contribution in [2.45, 2.75) is 25.7 Å². The minimum Gasteiger partial charge on any atom is -0.495 e. The van der Waals surface area contributed by atoms with Crippen LogP contribution in [0.15, 0.2) is 28.8 Å². The molecule has 1 aliphatic carbocycles. The maximum Gasteiger partial charge on any atom is 0.232 e. The molecule has 1 amide bonds. The van der Waals surface area contributed by atoms with Crippen molar-refractivity contribution in [2.75, 3.05) is 12.4 Å². The first-order chi connectivity index (χ1) is 10.2. The fourth-order valence-corrected chi connectivity index (χ4v) is 2.24. The predicted octanol–water partition coefficient (Wildman–Crippen LogP) is 2.38. The van der Waals surface area contributed by atoms with Crippen LogP contribution in [0.2, 0.25) is 0 Å². The van der Waals surface area contributed by atoms with Crippen LogP contribution in [0.3, 0.4) is 0 Å². The molecule has 1 aliphatic rings. The Labute approximate surface area is 122 Å². The second-order valence-corrected chi connectivity index (χ2v) is 5.29. The largest absolute Gasteiger partial charge is 0.495 e. The second kappa shape index (κ2) is 5.55. The molecule has 0 unspecified atom stereocenters. The van der Waals surface area contributed by atoms with Gasteiger partial charge in [0.05, 0.1) is 19.2 Å². The van der Waals surface area contributed by atoms with Gasteiger partial charge in [-0.3, -0.25) is 4.79 Å². The normalized spacial score (nSPS) is 20.1. The molecule has 0 spiro atoms. The molecular formula is C15H17N3O3. The number of hydrogen-bond donors (Lipinski definition) is 1. The van der Waals surface area contributed by atoms with Gasteiger partial charge in [-0.2, -0.15) is 4.98 Å². The summed E-state index contributed by atoms with van der Waals surface area (Å²) in [7, 11) is 1.56. The van der Waals surface area contributed by atoms with E-state index in [0.717, 1.165) is 6.42 Å². The van der Waals surface area contributed by atoms with Gasteiger partial charge in [0.15, 0.2) is 5.82 Å². The minimum atomic E-state index is -0.198. The van der Waals surface area contributed by atoms with Crippen molar-refractivity contribution in [1.29, 1.82) is 0 Å². The van der Waals surface area contributed by atoms with Crippen LogP contribution >= 0.6 is 0 Å². The lowest BCUT2D eigenvalue weighted by Gasteiger charge is -2.08. The number of anilines is 1. The highest BCUT2D eigenvalue weighted by molar-refractivity contribution is 5.93. The fourth-order valence-electron chi connectivity index (χ4n) is 2.24. The van der Waals surface area contributed by atoms with E-state index in [4.69, 9.17) is 9.26 Å². The van der Waals surface area contributed by atoms with Gasteiger partial charge < -0.3 is 14.6 Å². The van der Waals surface area contributed by atoms with Crippen LogP contribution in [0.1, 0.15) is 31.0 Å². The summed E-state index contributed by atoms with van der Waals surface area (Å²) >= 11 is 0. The number of carbonyl (C=O) groups is 1. The average Bonchev–Trinajstić information content (AvgIpc) is 3.02. The molecule has 2 atom stereocenters. The number of amides is 1. The molecule has 0 bridgehead atoms. The maximum absolute atomic E-state index is 12.0. The van der Waals surface area contributed by atoms with E-state index in [9.17, 15) is 4.79 Å². The predicted molar refractivity (Wildman–Crippen MR) is 76.1 cm³/mol. The Morgan fingerprint density at radius 1 is 1.48 bits per heavy atom. The van der Waals surface area contributed by atoms with Crippen LogP contribution < -0.4 is 10.1 Å². The first-order valence-corrected chi connectivity index (χ1v) is 6.92. The van der Waals surface area contributed by atoms with Gasteiger partial charge in [-0.05, 0) is 24.5 Å². The van der Waals surface area contributed by atoms with Crippen molar-refractivity contribution in [3.8, 4) is 5.75 Å². The van der Waals surface area contributed by atoms with Gasteiger partial charge in [-0.1, -0.05) is 24.2 Å². The average molecular weight is 287 g/mol. The number of aromatic nitrogens is 2. The number of para-hydroxylation sites is 2. The van der Waals surface area contributed by atoms with Gasteiger partial charge in [-0.15, -0.1) is 0 Å². The molecule has 6 nitrogen and oxygen atoms in total. The Morgan fingerprint density at radius 2 is 2.24 bits per heavy atom. The number of rotatable bonds is 5. The molecule has 1 aromatic heterocycles. The Bertz CT molecular complexity index is 653. The molecule has 1 aromatic carbocycles. The zero-order valence-electron chi connectivity index (χ0n) is 12.0. The Morgan fingerprint density at radius 3 is 2.95 bits per heavy atom. The Balaban J connectivity index is 1.62. The summed E-state index contributed by atoms with van der Waals surface area (Å²) in [5.74, 6) is 2.44. The summed E-state index contributed by atoms with van der Waals surface area (Å²) in [6, 6.07) is 7.25. The van der Waals surface area contributed by atoms with Crippen molar-refractivity contribution < 1.29 is 14.1 Å². The highest BCUT2D eigenvalue weighted by Gasteiger charge is 2.38. The summed E-state index contributed by atoms with van der Waals surface area (Å²) in [6.07, 6.45) is 1.16. The summed E-state index contributed by atoms with van der Waals surface area (Å²) in [6.45, 7) is 2.14. The van der Waals surface area contributed by atoms with Gasteiger partial charge in [0.25, 0.3) is 0 Å². The number of carbonyl (C=O) groups excluding carboxylic acids is 1. The standard InChI is InChI=1S/C15H17N3O3/c1-9-7-10(9)15-17-13(18-21-15)8-14(19)16-11-5-3-4-6-12(11)20-2/h3-6,9-10H,7-8H2,1-2H3,(H,16,19)/t9-,10+/m0/s1. The highest BCUT2D eigenvalue weighted by Crippen LogP contribution is 2.45. The zero-order chi connectivity index (χ0) is 14.8. The molecule has 1 N–H and O–H groups in total. The van der Waals surface area contributed by atoms with E-state index in [2.05, 4.69) is 22.4 Å². The summed E-state index contributed by atoms with van der Waals surface area (Å²) in [4.78, 5) is 16.3. The molecule has 1 heterocycles. The number of benzene rings is 1. The number of ether oxygens (including phenoxy) is 1. The molecule has 6 heteroatoms. The monoisotopic (exact) mass is 287 g/mol. The van der Waals surface area contributed by atoms with Gasteiger partial charge in [0.1, 0.15) is 5.75 Å². The number of methoxy groups -OCH3 is 1. The molecule has 3 rings (SSSR count). The van der Waals surface area contributed by atoms with Gasteiger partial charge in [0.2, 0.25) is 11.8 Å². The van der Waals surface area contributed by atoms with Crippen molar-refractivity contribution in [2.24, 2.45) is 5.92 Å². The van der Waals surface area contributed by atoms with Crippen LogP contribution in [0.25, 0.3) is 0 Å². The third-order valence-electron chi connectivity index (χ3n) is 3.61. The topological polar surface area (TPSA) is 77.2 Å². The molecule has 21 heavy (non-hydrogen) atoms. The fraction of sp³-hybridized carbons (Fsp3) is 0.400. The summed E-state index contributed by atoms with van der Waals surface area (Å²) < 4.78 is 10.4. The molecule has 1 saturated carbocycles. The van der Waals surface area contributed by atoms with Crippen molar-refractivity contribution >= 4 is 11.6 Å². The first kappa shape index (κ1) is 13.6. The van der Waals surface area contributed by atoms with Crippen LogP contribution in [0, 0.1) is 5.92 Å². The van der Waals surface area contributed by atoms with E-state index < -0.39 is 0 Å². The number of hydrogen-bond acceptors (Lipinski definition) is 5. The smallest absolute Gasteiger partial charge is 0.232 e.